The Labute approximate surface area is 159 Å². The van der Waals surface area contributed by atoms with Gasteiger partial charge in [-0.25, -0.2) is 0 Å². The van der Waals surface area contributed by atoms with Gasteiger partial charge in [-0.1, -0.05) is 23.4 Å². The molecular weight excluding hydrogens is 348 g/mol. The summed E-state index contributed by atoms with van der Waals surface area (Å²) in [5, 5.41) is 4.17. The highest BCUT2D eigenvalue weighted by atomic mass is 16.6. The van der Waals surface area contributed by atoms with E-state index >= 15 is 0 Å². The maximum atomic E-state index is 12.4. The number of oxime groups is 1. The molecule has 0 unspecified atom stereocenters. The number of esters is 1. The topological polar surface area (TPSA) is 77.4 Å². The first-order chi connectivity index (χ1) is 13.1. The zero-order chi connectivity index (χ0) is 19.6. The van der Waals surface area contributed by atoms with Crippen molar-refractivity contribution in [2.45, 2.75) is 32.3 Å². The number of carbonyl (C=O) groups is 2. The normalized spacial score (nSPS) is 15.5. The average Bonchev–Trinajstić information content (AvgIpc) is 3.14. The van der Waals surface area contributed by atoms with Gasteiger partial charge in [0, 0.05) is 24.9 Å². The second-order valence-electron chi connectivity index (χ2n) is 6.06. The molecule has 1 aliphatic rings. The highest BCUT2D eigenvalue weighted by molar-refractivity contribution is 6.03. The van der Waals surface area contributed by atoms with E-state index in [2.05, 4.69) is 11.7 Å². The largest absolute Gasteiger partial charge is 0.496 e. The first kappa shape index (κ1) is 20.5. The van der Waals surface area contributed by atoms with Crippen LogP contribution in [-0.2, 0) is 19.2 Å². The minimum Gasteiger partial charge on any atom is -0.496 e. The Morgan fingerprint density at radius 3 is 2.85 bits per heavy atom. The highest BCUT2D eigenvalue weighted by Gasteiger charge is 2.27. The molecule has 1 amide bonds. The lowest BCUT2D eigenvalue weighted by atomic mass is 10.0. The third kappa shape index (κ3) is 5.84. The number of amides is 1. The van der Waals surface area contributed by atoms with Crippen molar-refractivity contribution in [3.63, 3.8) is 0 Å². The molecule has 0 aromatic heterocycles. The molecule has 1 heterocycles. The molecule has 7 heteroatoms. The molecular formula is C20H26N2O5. The van der Waals surface area contributed by atoms with Gasteiger partial charge in [0.05, 0.1) is 32.4 Å². The number of hydrogen-bond donors (Lipinski definition) is 0. The molecule has 0 aliphatic carbocycles. The lowest BCUT2D eigenvalue weighted by molar-refractivity contribution is -0.145. The van der Waals surface area contributed by atoms with Crippen molar-refractivity contribution in [2.24, 2.45) is 5.16 Å². The second kappa shape index (κ2) is 10.4. The Morgan fingerprint density at radius 1 is 1.37 bits per heavy atom. The first-order valence-corrected chi connectivity index (χ1v) is 8.99. The maximum Gasteiger partial charge on any atom is 0.306 e. The second-order valence-corrected chi connectivity index (χ2v) is 6.06. The quantitative estimate of drug-likeness (QED) is 0.465. The molecule has 0 saturated heterocycles. The van der Waals surface area contributed by atoms with E-state index in [-0.39, 0.29) is 30.8 Å². The van der Waals surface area contributed by atoms with Crippen LogP contribution >= 0.6 is 0 Å². The summed E-state index contributed by atoms with van der Waals surface area (Å²) < 4.78 is 10.2. The number of carbonyl (C=O) groups excluding carboxylic acids is 2. The molecule has 0 fully saturated rings. The van der Waals surface area contributed by atoms with Gasteiger partial charge >= 0.3 is 5.97 Å². The van der Waals surface area contributed by atoms with Crippen molar-refractivity contribution in [3.05, 3.63) is 42.5 Å². The van der Waals surface area contributed by atoms with E-state index in [1.165, 1.54) is 0 Å². The van der Waals surface area contributed by atoms with Crippen LogP contribution in [0.4, 0.5) is 0 Å². The summed E-state index contributed by atoms with van der Waals surface area (Å²) in [5.74, 6) is 0.217. The van der Waals surface area contributed by atoms with Crippen LogP contribution in [0.3, 0.4) is 0 Å². The molecule has 146 valence electrons. The predicted molar refractivity (Wildman–Crippen MR) is 102 cm³/mol. The van der Waals surface area contributed by atoms with Crippen molar-refractivity contribution in [1.82, 2.24) is 4.90 Å². The summed E-state index contributed by atoms with van der Waals surface area (Å²) >= 11 is 0. The van der Waals surface area contributed by atoms with E-state index in [1.54, 1.807) is 25.0 Å². The molecule has 0 bridgehead atoms. The van der Waals surface area contributed by atoms with Crippen molar-refractivity contribution in [1.29, 1.82) is 0 Å². The van der Waals surface area contributed by atoms with Crippen LogP contribution in [0, 0.1) is 0 Å². The molecule has 7 nitrogen and oxygen atoms in total. The fourth-order valence-electron chi connectivity index (χ4n) is 2.85. The summed E-state index contributed by atoms with van der Waals surface area (Å²) in [5.41, 5.74) is 1.67. The molecule has 2 rings (SSSR count). The van der Waals surface area contributed by atoms with Gasteiger partial charge in [0.2, 0.25) is 5.91 Å². The Balaban J connectivity index is 1.93. The lowest BCUT2D eigenvalue weighted by Crippen LogP contribution is -2.38. The minimum atomic E-state index is -0.372. The van der Waals surface area contributed by atoms with E-state index in [4.69, 9.17) is 14.3 Å². The number of ether oxygens (including phenoxy) is 2. The monoisotopic (exact) mass is 374 g/mol. The Hall–Kier alpha value is -2.83. The van der Waals surface area contributed by atoms with Crippen LogP contribution < -0.4 is 4.74 Å². The molecule has 1 aromatic carbocycles. The standard InChI is InChI=1S/C20H26N2O5/c1-4-12-22(19(23)10-11-20(24)26-5-2)14-15-13-17(21-27-15)16-8-6-7-9-18(16)25-3/h4,6-9,15H,1,5,10-14H2,2-3H3/t15-/m0/s1. The van der Waals surface area contributed by atoms with Gasteiger partial charge < -0.3 is 19.2 Å². The van der Waals surface area contributed by atoms with Crippen molar-refractivity contribution < 1.29 is 23.9 Å². The number of hydrogen-bond acceptors (Lipinski definition) is 6. The van der Waals surface area contributed by atoms with E-state index in [1.807, 2.05) is 24.3 Å². The van der Waals surface area contributed by atoms with E-state index in [9.17, 15) is 9.59 Å². The fourth-order valence-corrected chi connectivity index (χ4v) is 2.85. The summed E-state index contributed by atoms with van der Waals surface area (Å²) in [4.78, 5) is 31.0. The van der Waals surface area contributed by atoms with Crippen LogP contribution in [0.1, 0.15) is 31.7 Å². The smallest absolute Gasteiger partial charge is 0.306 e. The predicted octanol–water partition coefficient (Wildman–Crippen LogP) is 2.55. The van der Waals surface area contributed by atoms with Crippen LogP contribution in [0.15, 0.2) is 42.1 Å². The van der Waals surface area contributed by atoms with Gasteiger partial charge in [0.1, 0.15) is 5.75 Å². The van der Waals surface area contributed by atoms with E-state index in [0.717, 1.165) is 17.0 Å². The average molecular weight is 374 g/mol. The fraction of sp³-hybridized carbons (Fsp3) is 0.450. The van der Waals surface area contributed by atoms with Gasteiger partial charge in [-0.05, 0) is 19.1 Å². The van der Waals surface area contributed by atoms with Crippen molar-refractivity contribution in [3.8, 4) is 5.75 Å². The molecule has 1 aromatic rings. The van der Waals surface area contributed by atoms with E-state index < -0.39 is 0 Å². The van der Waals surface area contributed by atoms with Gasteiger partial charge in [-0.15, -0.1) is 6.58 Å². The van der Waals surface area contributed by atoms with Crippen molar-refractivity contribution in [2.75, 3.05) is 26.8 Å². The number of nitrogens with zero attached hydrogens (tertiary/aromatic N) is 2. The van der Waals surface area contributed by atoms with Gasteiger partial charge in [0.15, 0.2) is 6.10 Å². The Morgan fingerprint density at radius 2 is 2.15 bits per heavy atom. The Bertz CT molecular complexity index is 701. The number of benzene rings is 1. The van der Waals surface area contributed by atoms with Gasteiger partial charge in [-0.2, -0.15) is 0 Å². The van der Waals surface area contributed by atoms with Gasteiger partial charge in [-0.3, -0.25) is 9.59 Å². The van der Waals surface area contributed by atoms with Crippen LogP contribution in [0.5, 0.6) is 5.75 Å². The molecule has 0 saturated carbocycles. The summed E-state index contributed by atoms with van der Waals surface area (Å²) in [6.45, 7) is 6.49. The third-order valence-electron chi connectivity index (χ3n) is 4.13. The first-order valence-electron chi connectivity index (χ1n) is 8.99. The maximum absolute atomic E-state index is 12.4. The SMILES string of the molecule is C=CCN(C[C@@H]1CC(c2ccccc2OC)=NO1)C(=O)CCC(=O)OCC. The third-order valence-corrected chi connectivity index (χ3v) is 4.13. The molecule has 0 N–H and O–H groups in total. The van der Waals surface area contributed by atoms with Gasteiger partial charge in [0.25, 0.3) is 0 Å². The molecule has 1 aliphatic heterocycles. The lowest BCUT2D eigenvalue weighted by Gasteiger charge is -2.23. The van der Waals surface area contributed by atoms with Crippen LogP contribution in [-0.4, -0.2) is 55.4 Å². The van der Waals surface area contributed by atoms with Crippen LogP contribution in [0.2, 0.25) is 0 Å². The van der Waals surface area contributed by atoms with E-state index in [0.29, 0.717) is 26.1 Å². The highest BCUT2D eigenvalue weighted by Crippen LogP contribution is 2.25. The molecule has 0 radical (unpaired) electrons. The number of para-hydroxylation sites is 1. The summed E-state index contributed by atoms with van der Waals surface area (Å²) in [7, 11) is 1.61. The zero-order valence-electron chi connectivity index (χ0n) is 15.8. The molecule has 0 spiro atoms. The van der Waals surface area contributed by atoms with Crippen molar-refractivity contribution >= 4 is 17.6 Å². The Kier molecular flexibility index (Phi) is 7.85. The number of rotatable bonds is 10. The number of methoxy groups -OCH3 is 1. The van der Waals surface area contributed by atoms with Crippen LogP contribution in [0.25, 0.3) is 0 Å². The minimum absolute atomic E-state index is 0.0643. The molecule has 27 heavy (non-hydrogen) atoms. The zero-order valence-corrected chi connectivity index (χ0v) is 15.8. The summed E-state index contributed by atoms with van der Waals surface area (Å²) in [6, 6.07) is 7.60. The summed E-state index contributed by atoms with van der Waals surface area (Å²) in [6.07, 6.45) is 2.13. The molecule has 1 atom stereocenters.